The normalized spacial score (nSPS) is 23.0. The second kappa shape index (κ2) is 6.95. The van der Waals surface area contributed by atoms with Crippen LogP contribution in [0.5, 0.6) is 0 Å². The molecule has 2 atom stereocenters. The number of benzene rings is 1. The van der Waals surface area contributed by atoms with Gasteiger partial charge in [-0.05, 0) is 25.1 Å². The van der Waals surface area contributed by atoms with E-state index in [0.29, 0.717) is 23.9 Å². The summed E-state index contributed by atoms with van der Waals surface area (Å²) in [4.78, 5) is 12.0. The van der Waals surface area contributed by atoms with Crippen molar-refractivity contribution >= 4 is 35.6 Å². The Morgan fingerprint density at radius 1 is 1.56 bits per heavy atom. The lowest BCUT2D eigenvalue weighted by Gasteiger charge is -2.29. The number of ether oxygens (including phenoxy) is 1. The Bertz CT molecular complexity index is 415. The highest BCUT2D eigenvalue weighted by molar-refractivity contribution is 6.30. The second-order valence-corrected chi connectivity index (χ2v) is 4.44. The van der Waals surface area contributed by atoms with Crippen molar-refractivity contribution in [1.29, 1.82) is 0 Å². The molecule has 1 saturated heterocycles. The Kier molecular flexibility index (Phi) is 5.88. The lowest BCUT2D eigenvalue weighted by atomic mass is 10.1. The number of rotatable bonds is 2. The number of carbonyl (C=O) groups is 1. The first-order valence-electron chi connectivity index (χ1n) is 5.58. The van der Waals surface area contributed by atoms with Crippen LogP contribution in [0.4, 0.5) is 5.69 Å². The molecule has 6 heteroatoms. The van der Waals surface area contributed by atoms with Gasteiger partial charge in [-0.15, -0.1) is 12.4 Å². The predicted octanol–water partition coefficient (Wildman–Crippen LogP) is 2.08. The summed E-state index contributed by atoms with van der Waals surface area (Å²) in [6, 6.07) is 6.77. The van der Waals surface area contributed by atoms with Gasteiger partial charge in [-0.3, -0.25) is 4.79 Å². The topological polar surface area (TPSA) is 50.4 Å². The molecule has 0 aliphatic carbocycles. The molecule has 1 aliphatic rings. The highest BCUT2D eigenvalue weighted by Crippen LogP contribution is 2.16. The summed E-state index contributed by atoms with van der Waals surface area (Å²) < 4.78 is 5.42. The summed E-state index contributed by atoms with van der Waals surface area (Å²) in [6.07, 6.45) is -0.122. The molecule has 2 N–H and O–H groups in total. The van der Waals surface area contributed by atoms with Crippen molar-refractivity contribution in [2.24, 2.45) is 0 Å². The van der Waals surface area contributed by atoms with Gasteiger partial charge in [0, 0.05) is 17.3 Å². The average molecular weight is 291 g/mol. The van der Waals surface area contributed by atoms with E-state index in [9.17, 15) is 4.79 Å². The predicted molar refractivity (Wildman–Crippen MR) is 74.5 cm³/mol. The first-order chi connectivity index (χ1) is 8.16. The van der Waals surface area contributed by atoms with Gasteiger partial charge in [0.25, 0.3) is 0 Å². The van der Waals surface area contributed by atoms with Gasteiger partial charge < -0.3 is 15.4 Å². The SMILES string of the molecule is C[C@H]1OCCN[C@@H]1C(=O)Nc1cccc(Cl)c1.Cl. The molecule has 0 spiro atoms. The highest BCUT2D eigenvalue weighted by Gasteiger charge is 2.28. The van der Waals surface area contributed by atoms with Gasteiger partial charge in [0.05, 0.1) is 12.7 Å². The van der Waals surface area contributed by atoms with Crippen LogP contribution < -0.4 is 10.6 Å². The van der Waals surface area contributed by atoms with Crippen molar-refractivity contribution < 1.29 is 9.53 Å². The third kappa shape index (κ3) is 3.85. The van der Waals surface area contributed by atoms with Crippen molar-refractivity contribution in [1.82, 2.24) is 5.32 Å². The highest BCUT2D eigenvalue weighted by atomic mass is 35.5. The number of anilines is 1. The summed E-state index contributed by atoms with van der Waals surface area (Å²) in [5.74, 6) is -0.0977. The molecule has 1 aromatic carbocycles. The van der Waals surface area contributed by atoms with E-state index in [0.717, 1.165) is 0 Å². The fourth-order valence-corrected chi connectivity index (χ4v) is 2.00. The zero-order chi connectivity index (χ0) is 12.3. The van der Waals surface area contributed by atoms with Crippen LogP contribution in [-0.2, 0) is 9.53 Å². The van der Waals surface area contributed by atoms with Crippen molar-refractivity contribution in [3.8, 4) is 0 Å². The number of carbonyl (C=O) groups excluding carboxylic acids is 1. The fourth-order valence-electron chi connectivity index (χ4n) is 1.81. The Labute approximate surface area is 117 Å². The molecule has 0 radical (unpaired) electrons. The van der Waals surface area contributed by atoms with Crippen molar-refractivity contribution in [3.05, 3.63) is 29.3 Å². The van der Waals surface area contributed by atoms with E-state index >= 15 is 0 Å². The van der Waals surface area contributed by atoms with Crippen LogP contribution >= 0.6 is 24.0 Å². The molecule has 1 amide bonds. The van der Waals surface area contributed by atoms with Crippen LogP contribution in [-0.4, -0.2) is 31.2 Å². The summed E-state index contributed by atoms with van der Waals surface area (Å²) in [6.45, 7) is 3.22. The number of morpholine rings is 1. The average Bonchev–Trinajstić information content (AvgIpc) is 2.29. The molecule has 0 unspecified atom stereocenters. The molecule has 4 nitrogen and oxygen atoms in total. The number of nitrogens with one attached hydrogen (secondary N) is 2. The quantitative estimate of drug-likeness (QED) is 0.877. The van der Waals surface area contributed by atoms with E-state index in [-0.39, 0.29) is 30.5 Å². The summed E-state index contributed by atoms with van der Waals surface area (Å²) in [5, 5.41) is 6.55. The Morgan fingerprint density at radius 3 is 3.00 bits per heavy atom. The molecule has 1 aromatic rings. The molecule has 18 heavy (non-hydrogen) atoms. The molecule has 1 fully saturated rings. The van der Waals surface area contributed by atoms with Crippen molar-refractivity contribution in [2.45, 2.75) is 19.1 Å². The standard InChI is InChI=1S/C12H15ClN2O2.ClH/c1-8-11(14-5-6-17-8)12(16)15-10-4-2-3-9(13)7-10;/h2-4,7-8,11,14H,5-6H2,1H3,(H,15,16);1H/t8-,11+;/m1./s1. The third-order valence-corrected chi connectivity index (χ3v) is 2.93. The number of hydrogen-bond donors (Lipinski definition) is 2. The second-order valence-electron chi connectivity index (χ2n) is 4.01. The van der Waals surface area contributed by atoms with E-state index in [1.807, 2.05) is 6.92 Å². The molecule has 2 rings (SSSR count). The van der Waals surface area contributed by atoms with E-state index in [4.69, 9.17) is 16.3 Å². The van der Waals surface area contributed by atoms with Crippen molar-refractivity contribution in [2.75, 3.05) is 18.5 Å². The van der Waals surface area contributed by atoms with Gasteiger partial charge >= 0.3 is 0 Å². The first-order valence-corrected chi connectivity index (χ1v) is 5.96. The minimum Gasteiger partial charge on any atom is -0.375 e. The fraction of sp³-hybridized carbons (Fsp3) is 0.417. The van der Waals surface area contributed by atoms with Gasteiger partial charge in [0.2, 0.25) is 5.91 Å². The van der Waals surface area contributed by atoms with E-state index < -0.39 is 0 Å². The van der Waals surface area contributed by atoms with Crippen LogP contribution in [0.25, 0.3) is 0 Å². The maximum Gasteiger partial charge on any atom is 0.244 e. The largest absolute Gasteiger partial charge is 0.375 e. The lowest BCUT2D eigenvalue weighted by molar-refractivity contribution is -0.123. The summed E-state index contributed by atoms with van der Waals surface area (Å²) in [7, 11) is 0. The van der Waals surface area contributed by atoms with Crippen LogP contribution in [0.2, 0.25) is 5.02 Å². The smallest absolute Gasteiger partial charge is 0.244 e. The van der Waals surface area contributed by atoms with E-state index in [2.05, 4.69) is 10.6 Å². The number of halogens is 2. The van der Waals surface area contributed by atoms with Gasteiger partial charge in [-0.1, -0.05) is 17.7 Å². The first kappa shape index (κ1) is 15.2. The number of amides is 1. The Hall–Kier alpha value is -0.810. The maximum atomic E-state index is 12.0. The molecule has 0 aromatic heterocycles. The van der Waals surface area contributed by atoms with Crippen LogP contribution in [0, 0.1) is 0 Å². The van der Waals surface area contributed by atoms with Gasteiger partial charge in [-0.25, -0.2) is 0 Å². The monoisotopic (exact) mass is 290 g/mol. The van der Waals surface area contributed by atoms with Crippen LogP contribution in [0.3, 0.4) is 0 Å². The number of hydrogen-bond acceptors (Lipinski definition) is 3. The zero-order valence-electron chi connectivity index (χ0n) is 9.98. The molecule has 100 valence electrons. The molecular weight excluding hydrogens is 275 g/mol. The lowest BCUT2D eigenvalue weighted by Crippen LogP contribution is -2.53. The van der Waals surface area contributed by atoms with Gasteiger partial charge in [0.15, 0.2) is 0 Å². The van der Waals surface area contributed by atoms with Crippen LogP contribution in [0.1, 0.15) is 6.92 Å². The Morgan fingerprint density at radius 2 is 2.33 bits per heavy atom. The molecule has 1 aliphatic heterocycles. The molecule has 0 bridgehead atoms. The van der Waals surface area contributed by atoms with E-state index in [1.54, 1.807) is 24.3 Å². The van der Waals surface area contributed by atoms with Crippen LogP contribution in [0.15, 0.2) is 24.3 Å². The minimum atomic E-state index is -0.317. The zero-order valence-corrected chi connectivity index (χ0v) is 11.6. The minimum absolute atomic E-state index is 0. The Balaban J connectivity index is 0.00000162. The van der Waals surface area contributed by atoms with Gasteiger partial charge in [-0.2, -0.15) is 0 Å². The maximum absolute atomic E-state index is 12.0. The molecule has 0 saturated carbocycles. The van der Waals surface area contributed by atoms with Gasteiger partial charge in [0.1, 0.15) is 6.04 Å². The molecule has 1 heterocycles. The third-order valence-electron chi connectivity index (χ3n) is 2.69. The van der Waals surface area contributed by atoms with Crippen molar-refractivity contribution in [3.63, 3.8) is 0 Å². The van der Waals surface area contributed by atoms with E-state index in [1.165, 1.54) is 0 Å². The molecular formula is C12H16Cl2N2O2. The summed E-state index contributed by atoms with van der Waals surface area (Å²) >= 11 is 5.85. The summed E-state index contributed by atoms with van der Waals surface area (Å²) in [5.41, 5.74) is 0.696.